The van der Waals surface area contributed by atoms with Gasteiger partial charge in [0.25, 0.3) is 0 Å². The molecule has 0 heterocycles. The van der Waals surface area contributed by atoms with E-state index in [-0.39, 0.29) is 52.8 Å². The molecule has 0 spiro atoms. The molecule has 0 saturated carbocycles. The topological polar surface area (TPSA) is 49.7 Å². The molecular weight excluding hydrogens is 122 g/mol. The fourth-order valence-corrected chi connectivity index (χ4v) is 0.0861. The summed E-state index contributed by atoms with van der Waals surface area (Å²) in [4.78, 5) is 0. The second kappa shape index (κ2) is 7.16. The van der Waals surface area contributed by atoms with Gasteiger partial charge in [-0.15, -0.1) is 0 Å². The summed E-state index contributed by atoms with van der Waals surface area (Å²) >= 11 is 0. The van der Waals surface area contributed by atoms with Crippen LogP contribution in [0.15, 0.2) is 12.8 Å². The van der Waals surface area contributed by atoms with Crippen molar-refractivity contribution in [2.45, 2.75) is 0 Å². The maximum absolute atomic E-state index is 7.81. The van der Waals surface area contributed by atoms with Crippen LogP contribution < -0.4 is 51.4 Å². The van der Waals surface area contributed by atoms with Crippen LogP contribution in [0.1, 0.15) is 1.43 Å². The Kier molecular flexibility index (Phi) is 11.3. The van der Waals surface area contributed by atoms with Crippen LogP contribution in [0, 0.1) is 0 Å². The molecule has 2 N–H and O–H groups in total. The van der Waals surface area contributed by atoms with Crippen LogP contribution in [0.5, 0.6) is 0 Å². The van der Waals surface area contributed by atoms with Crippen LogP contribution >= 0.6 is 0 Å². The average molecular weight is 128 g/mol. The fourth-order valence-electron chi connectivity index (χ4n) is 0.0861. The van der Waals surface area contributed by atoms with E-state index in [2.05, 4.69) is 11.2 Å². The Hall–Kier alpha value is 1.16. The molecule has 0 fully saturated rings. The van der Waals surface area contributed by atoms with Crippen molar-refractivity contribution in [2.75, 3.05) is 0 Å². The predicted octanol–water partition coefficient (Wildman–Crippen LogP) is -3.77. The van der Waals surface area contributed by atoms with E-state index in [9.17, 15) is 0 Å². The third kappa shape index (κ3) is 11.0. The van der Waals surface area contributed by atoms with Crippen LogP contribution in [0.3, 0.4) is 0 Å². The quantitative estimate of drug-likeness (QED) is 0.296. The summed E-state index contributed by atoms with van der Waals surface area (Å²) in [5.41, 5.74) is 0. The van der Waals surface area contributed by atoms with Crippen molar-refractivity contribution in [3.8, 4) is 0 Å². The maximum atomic E-state index is 7.81. The molecule has 0 rings (SSSR count). The number of rotatable bonds is 2. The average Bonchev–Trinajstić information content (AvgIpc) is 1.35. The third-order valence-corrected chi connectivity index (χ3v) is 0.218. The van der Waals surface area contributed by atoms with Crippen molar-refractivity contribution in [3.05, 3.63) is 12.8 Å². The van der Waals surface area contributed by atoms with Gasteiger partial charge in [0.2, 0.25) is 0 Å². The molecule has 5 heteroatoms. The van der Waals surface area contributed by atoms with Crippen LogP contribution in [0.2, 0.25) is 0 Å². The monoisotopic (exact) mass is 128 g/mol. The first-order valence-corrected chi connectivity index (χ1v) is 1.40. The van der Waals surface area contributed by atoms with E-state index in [0.29, 0.717) is 0 Å². The van der Waals surface area contributed by atoms with E-state index >= 15 is 0 Å². The van der Waals surface area contributed by atoms with Gasteiger partial charge in [-0.3, -0.25) is 0 Å². The molecule has 0 aromatic rings. The molecule has 0 atom stereocenters. The molecule has 0 amide bonds. The first-order chi connectivity index (χ1) is 2.77. The van der Waals surface area contributed by atoms with E-state index in [1.165, 1.54) is 0 Å². The molecule has 0 aromatic heterocycles. The second-order valence-corrected chi connectivity index (χ2v) is 0.629. The molecule has 0 aliphatic rings. The van der Waals surface area contributed by atoms with Gasteiger partial charge in [0.15, 0.2) is 0 Å². The molecule has 0 saturated heterocycles. The zero-order valence-electron chi connectivity index (χ0n) is 5.16. The van der Waals surface area contributed by atoms with Crippen LogP contribution in [0.4, 0.5) is 0 Å². The first kappa shape index (κ1) is 11.0. The first-order valence-electron chi connectivity index (χ1n) is 1.40. The van der Waals surface area contributed by atoms with Crippen LogP contribution in [-0.2, 0) is 4.65 Å². The van der Waals surface area contributed by atoms with Crippen molar-refractivity contribution in [1.82, 2.24) is 0 Å². The zero-order valence-corrected chi connectivity index (χ0v) is 7.29. The van der Waals surface area contributed by atoms with Gasteiger partial charge in [0.05, 0.1) is 6.26 Å². The Balaban J connectivity index is -0.000000125. The SMILES string of the molecule is C=COB(O)O.[H-].[K+]. The van der Waals surface area contributed by atoms with Gasteiger partial charge in [-0.2, -0.15) is 0 Å². The van der Waals surface area contributed by atoms with Crippen molar-refractivity contribution < 1.29 is 67.5 Å². The Labute approximate surface area is 86.5 Å². The van der Waals surface area contributed by atoms with Gasteiger partial charge in [0.1, 0.15) is 0 Å². The largest absolute Gasteiger partial charge is 1.00 e. The maximum Gasteiger partial charge on any atom is 1.00 e. The van der Waals surface area contributed by atoms with E-state index < -0.39 is 7.32 Å². The normalized spacial score (nSPS) is 6.00. The molecule has 7 heavy (non-hydrogen) atoms. The molecule has 0 unspecified atom stereocenters. The number of hydrogen-bond donors (Lipinski definition) is 2. The minimum Gasteiger partial charge on any atom is -1.00 e. The smallest absolute Gasteiger partial charge is 1.00 e. The molecule has 3 nitrogen and oxygen atoms in total. The summed E-state index contributed by atoms with van der Waals surface area (Å²) in [5.74, 6) is 0. The molecule has 0 aliphatic carbocycles. The Morgan fingerprint density at radius 3 is 2.14 bits per heavy atom. The molecule has 0 aromatic carbocycles. The second-order valence-electron chi connectivity index (χ2n) is 0.629. The van der Waals surface area contributed by atoms with Gasteiger partial charge in [-0.25, -0.2) is 0 Å². The summed E-state index contributed by atoms with van der Waals surface area (Å²) in [6.45, 7) is 3.06. The summed E-state index contributed by atoms with van der Waals surface area (Å²) in [6.07, 6.45) is 0.949. The zero-order chi connectivity index (χ0) is 4.99. The van der Waals surface area contributed by atoms with Gasteiger partial charge >= 0.3 is 58.7 Å². The van der Waals surface area contributed by atoms with Gasteiger partial charge in [-0.1, -0.05) is 6.58 Å². The van der Waals surface area contributed by atoms with Crippen molar-refractivity contribution in [1.29, 1.82) is 0 Å². The minimum atomic E-state index is -1.72. The Morgan fingerprint density at radius 2 is 2.14 bits per heavy atom. The van der Waals surface area contributed by atoms with Crippen molar-refractivity contribution >= 4 is 7.32 Å². The minimum absolute atomic E-state index is 0. The van der Waals surface area contributed by atoms with E-state index in [0.717, 1.165) is 6.26 Å². The third-order valence-electron chi connectivity index (χ3n) is 0.218. The standard InChI is InChI=1S/C2H5BO3.K.H/c1-2-6-3(4)5;;/h2,4-5H,1H2;;/q;+1;-1. The summed E-state index contributed by atoms with van der Waals surface area (Å²) in [5, 5.41) is 15.6. The number of hydrogen-bond acceptors (Lipinski definition) is 3. The molecule has 0 aliphatic heterocycles. The van der Waals surface area contributed by atoms with E-state index in [1.807, 2.05) is 0 Å². The fraction of sp³-hybridized carbons (Fsp3) is 0. The molecular formula is C2H6BKO3. The Morgan fingerprint density at radius 1 is 1.71 bits per heavy atom. The van der Waals surface area contributed by atoms with Crippen molar-refractivity contribution in [2.24, 2.45) is 0 Å². The molecule has 0 bridgehead atoms. The van der Waals surface area contributed by atoms with Gasteiger partial charge in [-0.05, 0) is 0 Å². The molecule has 0 radical (unpaired) electrons. The van der Waals surface area contributed by atoms with E-state index in [4.69, 9.17) is 10.0 Å². The van der Waals surface area contributed by atoms with Crippen molar-refractivity contribution in [3.63, 3.8) is 0 Å². The Bertz CT molecular complexity index is 52.5. The molecule has 36 valence electrons. The van der Waals surface area contributed by atoms with Crippen LogP contribution in [-0.4, -0.2) is 17.4 Å². The van der Waals surface area contributed by atoms with Crippen LogP contribution in [0.25, 0.3) is 0 Å². The summed E-state index contributed by atoms with van der Waals surface area (Å²) in [6, 6.07) is 0. The van der Waals surface area contributed by atoms with Gasteiger partial charge in [0, 0.05) is 0 Å². The summed E-state index contributed by atoms with van der Waals surface area (Å²) < 4.78 is 3.92. The predicted molar refractivity (Wildman–Crippen MR) is 22.6 cm³/mol. The van der Waals surface area contributed by atoms with E-state index in [1.54, 1.807) is 0 Å². The van der Waals surface area contributed by atoms with Gasteiger partial charge < -0.3 is 16.1 Å². The summed E-state index contributed by atoms with van der Waals surface area (Å²) in [7, 11) is -1.72.